The van der Waals surface area contributed by atoms with Crippen LogP contribution in [-0.2, 0) is 0 Å². The fourth-order valence-corrected chi connectivity index (χ4v) is 9.54. The van der Waals surface area contributed by atoms with Gasteiger partial charge >= 0.3 is 0 Å². The second kappa shape index (κ2) is 14.8. The molecule has 0 unspecified atom stereocenters. The van der Waals surface area contributed by atoms with Gasteiger partial charge in [0.2, 0.25) is 0 Å². The molecule has 12 aromatic rings. The van der Waals surface area contributed by atoms with Crippen LogP contribution in [0.2, 0.25) is 0 Å². The molecule has 0 spiro atoms. The molecule has 0 aliphatic carbocycles. The molecule has 0 aliphatic rings. The summed E-state index contributed by atoms with van der Waals surface area (Å²) < 4.78 is 2.46. The van der Waals surface area contributed by atoms with Gasteiger partial charge in [0.25, 0.3) is 0 Å². The molecule has 290 valence electrons. The van der Waals surface area contributed by atoms with E-state index in [2.05, 4.69) is 246 Å². The Hall–Kier alpha value is -8.20. The summed E-state index contributed by atoms with van der Waals surface area (Å²) in [6, 6.07) is 86.3. The predicted molar refractivity (Wildman–Crippen MR) is 263 cm³/mol. The van der Waals surface area contributed by atoms with E-state index >= 15 is 0 Å². The number of nitrogens with zero attached hydrogens (tertiary/aromatic N) is 1. The van der Waals surface area contributed by atoms with E-state index < -0.39 is 0 Å². The van der Waals surface area contributed by atoms with Gasteiger partial charge in [0.05, 0.1) is 16.6 Å². The van der Waals surface area contributed by atoms with Crippen molar-refractivity contribution in [1.29, 1.82) is 0 Å². The number of rotatable bonds is 7. The Morgan fingerprint density at radius 3 is 1.31 bits per heavy atom. The van der Waals surface area contributed by atoms with E-state index in [9.17, 15) is 0 Å². The van der Waals surface area contributed by atoms with Gasteiger partial charge in [-0.05, 0) is 122 Å². The van der Waals surface area contributed by atoms with Crippen molar-refractivity contribution in [2.24, 2.45) is 0 Å². The zero-order valence-corrected chi connectivity index (χ0v) is 34.0. The minimum absolute atomic E-state index is 1.11. The summed E-state index contributed by atoms with van der Waals surface area (Å²) in [4.78, 5) is 3.85. The number of aromatic amines is 1. The Morgan fingerprint density at radius 2 is 0.742 bits per heavy atom. The Morgan fingerprint density at radius 1 is 0.258 bits per heavy atom. The van der Waals surface area contributed by atoms with Crippen LogP contribution in [0.25, 0.3) is 116 Å². The van der Waals surface area contributed by atoms with E-state index in [1.54, 1.807) is 0 Å². The van der Waals surface area contributed by atoms with Crippen LogP contribution in [0.1, 0.15) is 0 Å². The number of hydrogen-bond donors (Lipinski definition) is 1. The van der Waals surface area contributed by atoms with Gasteiger partial charge in [0, 0.05) is 38.3 Å². The third kappa shape index (κ3) is 6.12. The molecule has 1 N–H and O–H groups in total. The lowest BCUT2D eigenvalue weighted by Gasteiger charge is -2.18. The highest BCUT2D eigenvalue weighted by Crippen LogP contribution is 2.44. The number of hydrogen-bond acceptors (Lipinski definition) is 0. The first-order valence-corrected chi connectivity index (χ1v) is 21.3. The zero-order chi connectivity index (χ0) is 41.0. The molecule has 0 aliphatic heterocycles. The highest BCUT2D eigenvalue weighted by Gasteiger charge is 2.20. The highest BCUT2D eigenvalue weighted by molar-refractivity contribution is 6.14. The molecular formula is C60H40N2. The normalized spacial score (nSPS) is 11.5. The van der Waals surface area contributed by atoms with Crippen LogP contribution in [0.3, 0.4) is 0 Å². The summed E-state index contributed by atoms with van der Waals surface area (Å²) in [5.41, 5.74) is 20.0. The van der Waals surface area contributed by atoms with Gasteiger partial charge in [0.15, 0.2) is 0 Å². The summed E-state index contributed by atoms with van der Waals surface area (Å²) in [6.07, 6.45) is 0. The Bertz CT molecular complexity index is 3440. The van der Waals surface area contributed by atoms with Crippen LogP contribution in [-0.4, -0.2) is 9.55 Å². The zero-order valence-electron chi connectivity index (χ0n) is 34.0. The van der Waals surface area contributed by atoms with Crippen molar-refractivity contribution in [1.82, 2.24) is 9.55 Å². The lowest BCUT2D eigenvalue weighted by Crippen LogP contribution is -1.97. The fraction of sp³-hybridized carbons (Fsp3) is 0. The fourth-order valence-electron chi connectivity index (χ4n) is 9.54. The quantitative estimate of drug-likeness (QED) is 0.166. The average molecular weight is 789 g/mol. The molecule has 0 saturated heterocycles. The van der Waals surface area contributed by atoms with Crippen LogP contribution in [0, 0.1) is 0 Å². The molecule has 2 nitrogen and oxygen atoms in total. The third-order valence-electron chi connectivity index (χ3n) is 12.5. The summed E-state index contributed by atoms with van der Waals surface area (Å²) in [5.74, 6) is 0. The summed E-state index contributed by atoms with van der Waals surface area (Å²) in [5, 5.41) is 4.90. The first kappa shape index (κ1) is 35.7. The number of fused-ring (bicyclic) bond motifs is 6. The second-order valence-electron chi connectivity index (χ2n) is 16.2. The number of nitrogens with one attached hydrogen (secondary N) is 1. The molecule has 0 amide bonds. The lowest BCUT2D eigenvalue weighted by molar-refractivity contribution is 1.18. The first-order chi connectivity index (χ1) is 30.7. The maximum Gasteiger partial charge on any atom is 0.0544 e. The van der Waals surface area contributed by atoms with Gasteiger partial charge in [-0.2, -0.15) is 0 Å². The van der Waals surface area contributed by atoms with Crippen molar-refractivity contribution in [2.75, 3.05) is 0 Å². The molecule has 2 heterocycles. The van der Waals surface area contributed by atoms with E-state index in [0.29, 0.717) is 0 Å². The Kier molecular flexibility index (Phi) is 8.53. The van der Waals surface area contributed by atoms with Crippen molar-refractivity contribution in [3.8, 4) is 72.4 Å². The van der Waals surface area contributed by atoms with Gasteiger partial charge in [-0.1, -0.05) is 176 Å². The second-order valence-corrected chi connectivity index (χ2v) is 16.2. The predicted octanol–water partition coefficient (Wildman–Crippen LogP) is 16.4. The topological polar surface area (TPSA) is 20.7 Å². The molecule has 2 aromatic heterocycles. The van der Waals surface area contributed by atoms with E-state index in [1.807, 2.05) is 0 Å². The molecule has 2 heteroatoms. The molecule has 12 rings (SSSR count). The van der Waals surface area contributed by atoms with Crippen LogP contribution in [0.4, 0.5) is 0 Å². The van der Waals surface area contributed by atoms with Gasteiger partial charge < -0.3 is 9.55 Å². The third-order valence-corrected chi connectivity index (χ3v) is 12.5. The molecule has 0 radical (unpaired) electrons. The van der Waals surface area contributed by atoms with E-state index in [-0.39, 0.29) is 0 Å². The average Bonchev–Trinajstić information content (AvgIpc) is 3.90. The molecule has 0 fully saturated rings. The smallest absolute Gasteiger partial charge is 0.0544 e. The Labute approximate surface area is 360 Å². The van der Waals surface area contributed by atoms with E-state index in [1.165, 1.54) is 99.3 Å². The molecule has 0 atom stereocenters. The van der Waals surface area contributed by atoms with Crippen molar-refractivity contribution in [3.63, 3.8) is 0 Å². The first-order valence-electron chi connectivity index (χ1n) is 21.3. The van der Waals surface area contributed by atoms with Crippen molar-refractivity contribution < 1.29 is 0 Å². The molecule has 10 aromatic carbocycles. The number of aromatic nitrogens is 2. The molecule has 0 saturated carbocycles. The minimum atomic E-state index is 1.11. The SMILES string of the molecule is c1ccc(-c2cc(-c3ccccc3)cc(-c3ccc(-n4c5ccc(-c6ccccc6)cc5c5cc(-c6ccccc6)ccc54)cc3-c3cccc4c3[nH]c3ccccc34)c2)cc1. The molecule has 62 heavy (non-hydrogen) atoms. The van der Waals surface area contributed by atoms with Crippen LogP contribution in [0.15, 0.2) is 237 Å². The van der Waals surface area contributed by atoms with E-state index in [0.717, 1.165) is 16.7 Å². The van der Waals surface area contributed by atoms with Crippen molar-refractivity contribution in [2.45, 2.75) is 0 Å². The van der Waals surface area contributed by atoms with Gasteiger partial charge in [-0.25, -0.2) is 0 Å². The monoisotopic (exact) mass is 788 g/mol. The summed E-state index contributed by atoms with van der Waals surface area (Å²) in [7, 11) is 0. The summed E-state index contributed by atoms with van der Waals surface area (Å²) >= 11 is 0. The van der Waals surface area contributed by atoms with Crippen LogP contribution >= 0.6 is 0 Å². The van der Waals surface area contributed by atoms with Gasteiger partial charge in [-0.15, -0.1) is 0 Å². The van der Waals surface area contributed by atoms with Crippen molar-refractivity contribution >= 4 is 43.6 Å². The van der Waals surface area contributed by atoms with Gasteiger partial charge in [-0.3, -0.25) is 0 Å². The minimum Gasteiger partial charge on any atom is -0.354 e. The maximum atomic E-state index is 3.85. The molecule has 0 bridgehead atoms. The standard InChI is InChI=1S/C60H40N2/c1-5-16-40(17-6-1)44-28-32-58-55(37-44)56-38-45(41-18-7-2-8-19-41)29-33-59(56)62(58)49-30-31-50(54(39-49)53-26-15-25-52-51-24-13-14-27-57(51)61-60(52)53)48-35-46(42-20-9-3-10-21-42)34-47(36-48)43-22-11-4-12-23-43/h1-39,61H. The van der Waals surface area contributed by atoms with E-state index in [4.69, 9.17) is 0 Å². The number of benzene rings is 10. The lowest BCUT2D eigenvalue weighted by atomic mass is 9.89. The maximum absolute atomic E-state index is 3.85. The van der Waals surface area contributed by atoms with Gasteiger partial charge in [0.1, 0.15) is 0 Å². The number of para-hydroxylation sites is 2. The largest absolute Gasteiger partial charge is 0.354 e. The van der Waals surface area contributed by atoms with Crippen molar-refractivity contribution in [3.05, 3.63) is 237 Å². The highest BCUT2D eigenvalue weighted by atomic mass is 15.0. The molecular weight excluding hydrogens is 749 g/mol. The number of H-pyrrole nitrogens is 1. The Balaban J connectivity index is 1.14. The van der Waals surface area contributed by atoms with Crippen LogP contribution in [0.5, 0.6) is 0 Å². The van der Waals surface area contributed by atoms with Crippen LogP contribution < -0.4 is 0 Å². The summed E-state index contributed by atoms with van der Waals surface area (Å²) in [6.45, 7) is 0.